The molecular weight excluding hydrogens is 784 g/mol. The minimum Gasteiger partial charge on any atom is -0.469 e. The second kappa shape index (κ2) is 20.1. The Kier molecular flexibility index (Phi) is 15.5. The zero-order valence-electron chi connectivity index (χ0n) is 36.7. The summed E-state index contributed by atoms with van der Waals surface area (Å²) in [7, 11) is -0.772. The monoisotopic (exact) mass is 844 g/mol. The van der Waals surface area contributed by atoms with E-state index < -0.39 is 25.3 Å². The van der Waals surface area contributed by atoms with E-state index >= 15 is 0 Å². The van der Waals surface area contributed by atoms with Gasteiger partial charge in [0.05, 0.1) is 56.5 Å². The molecule has 0 saturated heterocycles. The number of allylic oxidation sites excluding steroid dienone is 1. The number of rotatable bonds is 18. The Bertz CT molecular complexity index is 2370. The number of esters is 2. The number of carbonyl (C=O) groups excluding carboxylic acids is 3. The van der Waals surface area contributed by atoms with Crippen molar-refractivity contribution in [1.82, 2.24) is 30.6 Å². The number of carbonyl (C=O) groups is 3. The number of nitrogens with zero attached hydrogens (tertiary/aromatic N) is 2. The lowest BCUT2D eigenvalue weighted by Gasteiger charge is -2.26. The van der Waals surface area contributed by atoms with E-state index in [2.05, 4.69) is 47.1 Å². The molecule has 3 atom stereocenters. The van der Waals surface area contributed by atoms with Gasteiger partial charge in [-0.15, -0.1) is 0 Å². The van der Waals surface area contributed by atoms with Crippen molar-refractivity contribution >= 4 is 64.7 Å². The molecule has 2 aliphatic rings. The Balaban J connectivity index is 1.78. The Hall–Kier alpha value is -4.88. The van der Waals surface area contributed by atoms with E-state index in [1.165, 1.54) is 14.2 Å². The quantitative estimate of drug-likeness (QED) is 0.0548. The Morgan fingerprint density at radius 3 is 2.17 bits per heavy atom. The first kappa shape index (κ1) is 46.2. The number of nitrogens with one attached hydrogen (secondary N) is 4. The molecule has 0 spiro atoms. The van der Waals surface area contributed by atoms with Crippen LogP contribution in [0.15, 0.2) is 24.8 Å². The van der Waals surface area contributed by atoms with Crippen molar-refractivity contribution in [2.24, 2.45) is 0 Å². The van der Waals surface area contributed by atoms with Gasteiger partial charge in [-0.3, -0.25) is 23.9 Å². The van der Waals surface area contributed by atoms with Crippen molar-refractivity contribution in [2.75, 3.05) is 40.5 Å². The summed E-state index contributed by atoms with van der Waals surface area (Å²) < 4.78 is 35.0. The maximum Gasteiger partial charge on any atom is 0.347 e. The standard InChI is InChI=1S/C45H61N6O8P/c1-12-29-25(6)33-22-35-27(8)31(17-18-40(52)56-10)43(50-35)32(21-41(53)57-11)44-42(45(54)47-20-19-46-39(14-3)60(55,58-15-4)59-16-5)28(9)36(51-44)24-38-30(13-2)26(7)34(49-38)23-37(29)48-33/h12,22-24,27,31,39,46,48-49H,1,13-21H2,2-11H3,(H,47,54)/t27-,31-,39?/m0/s1. The van der Waals surface area contributed by atoms with E-state index in [0.717, 1.165) is 56.4 Å². The predicted molar refractivity (Wildman–Crippen MR) is 237 cm³/mol. The number of H-pyrrole nitrogens is 2. The number of amides is 1. The van der Waals surface area contributed by atoms with Gasteiger partial charge in [-0.05, 0) is 94.3 Å². The van der Waals surface area contributed by atoms with Crippen LogP contribution in [0.5, 0.6) is 0 Å². The summed E-state index contributed by atoms with van der Waals surface area (Å²) in [6, 6.07) is 6.05. The number of aryl methyl sites for hydroxylation is 3. The average Bonchev–Trinajstić information content (AvgIpc) is 3.91. The van der Waals surface area contributed by atoms with Crippen LogP contribution in [0.3, 0.4) is 0 Å². The topological polar surface area (TPSA) is 187 Å². The molecule has 0 fully saturated rings. The molecule has 5 heterocycles. The van der Waals surface area contributed by atoms with Gasteiger partial charge in [0.2, 0.25) is 0 Å². The van der Waals surface area contributed by atoms with Gasteiger partial charge in [0, 0.05) is 70.2 Å². The van der Waals surface area contributed by atoms with Crippen LogP contribution in [0.25, 0.3) is 39.3 Å². The van der Waals surface area contributed by atoms with E-state index in [4.69, 9.17) is 28.5 Å². The normalized spacial score (nSPS) is 15.8. The van der Waals surface area contributed by atoms with Crippen molar-refractivity contribution in [3.05, 3.63) is 75.4 Å². The number of aromatic nitrogens is 4. The second-order valence-electron chi connectivity index (χ2n) is 15.1. The SMILES string of the molecule is C=Cc1c(C)c2cc3nc(c(CC(=O)OC)c4nc(cc5[nH]c(cc1[nH]2)c(C)c5CC)C(C)=C4C(=O)NCCNC(CC)P(=O)(OCC)OCC)[C@@H](CCC(=O)OC)[C@@H]3C. The number of fused-ring (bicyclic) bond motifs is 8. The molecule has 5 rings (SSSR count). The first-order chi connectivity index (χ1) is 28.7. The molecule has 324 valence electrons. The average molecular weight is 845 g/mol. The maximum atomic E-state index is 14.5. The van der Waals surface area contributed by atoms with E-state index in [0.29, 0.717) is 46.6 Å². The molecule has 0 saturated carbocycles. The summed E-state index contributed by atoms with van der Waals surface area (Å²) in [5, 5.41) is 6.30. The van der Waals surface area contributed by atoms with Crippen LogP contribution in [0.1, 0.15) is 123 Å². The molecule has 0 radical (unpaired) electrons. The molecular formula is C45H61N6O8P. The number of aromatic amines is 2. The molecule has 2 aliphatic heterocycles. The number of ether oxygens (including phenoxy) is 2. The Morgan fingerprint density at radius 1 is 0.883 bits per heavy atom. The van der Waals surface area contributed by atoms with Gasteiger partial charge in [0.1, 0.15) is 5.78 Å². The maximum absolute atomic E-state index is 14.5. The Labute approximate surface area is 352 Å². The molecule has 0 aliphatic carbocycles. The molecule has 3 aromatic rings. The molecule has 0 aromatic carbocycles. The highest BCUT2D eigenvalue weighted by molar-refractivity contribution is 7.54. The van der Waals surface area contributed by atoms with E-state index in [9.17, 15) is 18.9 Å². The predicted octanol–water partition coefficient (Wildman–Crippen LogP) is 8.33. The molecule has 60 heavy (non-hydrogen) atoms. The van der Waals surface area contributed by atoms with E-state index in [-0.39, 0.29) is 57.0 Å². The zero-order chi connectivity index (χ0) is 43.9. The lowest BCUT2D eigenvalue weighted by molar-refractivity contribution is -0.141. The fourth-order valence-corrected chi connectivity index (χ4v) is 10.2. The molecule has 14 nitrogen and oxygen atoms in total. The van der Waals surface area contributed by atoms with E-state index in [1.807, 2.05) is 45.9 Å². The van der Waals surface area contributed by atoms with Gasteiger partial charge in [0.15, 0.2) is 0 Å². The van der Waals surface area contributed by atoms with Crippen molar-refractivity contribution in [1.29, 1.82) is 0 Å². The first-order valence-corrected chi connectivity index (χ1v) is 22.4. The van der Waals surface area contributed by atoms with Crippen LogP contribution in [-0.2, 0) is 50.3 Å². The number of hydrogen-bond donors (Lipinski definition) is 4. The summed E-state index contributed by atoms with van der Waals surface area (Å²) in [5.41, 5.74) is 11.1. The van der Waals surface area contributed by atoms with Crippen molar-refractivity contribution in [3.8, 4) is 0 Å². The van der Waals surface area contributed by atoms with Crippen LogP contribution in [0.2, 0.25) is 0 Å². The van der Waals surface area contributed by atoms with Crippen LogP contribution in [0, 0.1) is 13.8 Å². The van der Waals surface area contributed by atoms with Crippen molar-refractivity contribution in [2.45, 2.75) is 105 Å². The van der Waals surface area contributed by atoms with Crippen LogP contribution < -0.4 is 10.6 Å². The summed E-state index contributed by atoms with van der Waals surface area (Å²) in [6.45, 7) is 20.6. The van der Waals surface area contributed by atoms with Gasteiger partial charge in [-0.2, -0.15) is 0 Å². The number of methoxy groups -OCH3 is 2. The molecule has 8 bridgehead atoms. The molecule has 1 amide bonds. The van der Waals surface area contributed by atoms with Crippen LogP contribution in [-0.4, -0.2) is 84.1 Å². The van der Waals surface area contributed by atoms with Gasteiger partial charge >= 0.3 is 19.5 Å². The van der Waals surface area contributed by atoms with Gasteiger partial charge < -0.3 is 39.1 Å². The molecule has 4 N–H and O–H groups in total. The highest BCUT2D eigenvalue weighted by Gasteiger charge is 2.37. The second-order valence-corrected chi connectivity index (χ2v) is 17.3. The molecule has 3 aromatic heterocycles. The zero-order valence-corrected chi connectivity index (χ0v) is 37.6. The third-order valence-corrected chi connectivity index (χ3v) is 14.1. The fourth-order valence-electron chi connectivity index (χ4n) is 8.26. The smallest absolute Gasteiger partial charge is 0.347 e. The van der Waals surface area contributed by atoms with Crippen molar-refractivity contribution < 1.29 is 37.5 Å². The van der Waals surface area contributed by atoms with Gasteiger partial charge in [-0.25, -0.2) is 4.98 Å². The summed E-state index contributed by atoms with van der Waals surface area (Å²) in [4.78, 5) is 58.1. The minimum atomic E-state index is -3.44. The highest BCUT2D eigenvalue weighted by Crippen LogP contribution is 2.53. The lowest BCUT2D eigenvalue weighted by atomic mass is 9.84. The highest BCUT2D eigenvalue weighted by atomic mass is 31.2. The van der Waals surface area contributed by atoms with E-state index in [1.54, 1.807) is 13.8 Å². The molecule has 15 heteroatoms. The van der Waals surface area contributed by atoms with Crippen LogP contribution >= 0.6 is 7.60 Å². The summed E-state index contributed by atoms with van der Waals surface area (Å²) >= 11 is 0. The lowest BCUT2D eigenvalue weighted by Crippen LogP contribution is -2.37. The minimum absolute atomic E-state index is 0.115. The third-order valence-electron chi connectivity index (χ3n) is 11.6. The van der Waals surface area contributed by atoms with Crippen molar-refractivity contribution in [3.63, 3.8) is 0 Å². The van der Waals surface area contributed by atoms with Crippen LogP contribution in [0.4, 0.5) is 0 Å². The summed E-state index contributed by atoms with van der Waals surface area (Å²) in [5.74, 6) is -2.42. The fraction of sp³-hybridized carbons (Fsp3) is 0.489. The first-order valence-electron chi connectivity index (χ1n) is 20.8. The van der Waals surface area contributed by atoms with Gasteiger partial charge in [-0.1, -0.05) is 33.4 Å². The summed E-state index contributed by atoms with van der Waals surface area (Å²) in [6.07, 6.45) is 3.33. The Morgan fingerprint density at radius 2 is 1.55 bits per heavy atom. The molecule has 1 unspecified atom stereocenters. The van der Waals surface area contributed by atoms with Gasteiger partial charge in [0.25, 0.3) is 5.91 Å². The largest absolute Gasteiger partial charge is 0.469 e. The third kappa shape index (κ3) is 9.52. The number of hydrogen-bond acceptors (Lipinski definition) is 11.